The summed E-state index contributed by atoms with van der Waals surface area (Å²) in [4.78, 5) is 0. The molecular weight excluding hydrogens is 520 g/mol. The minimum absolute atomic E-state index is 1.16. The van der Waals surface area contributed by atoms with Gasteiger partial charge in [-0.05, 0) is 75.1 Å². The van der Waals surface area contributed by atoms with Crippen molar-refractivity contribution >= 4 is 76.7 Å². The van der Waals surface area contributed by atoms with E-state index in [-0.39, 0.29) is 0 Å². The van der Waals surface area contributed by atoms with Crippen LogP contribution in [0, 0.1) is 6.92 Å². The molecule has 2 heteroatoms. The van der Waals surface area contributed by atoms with Crippen LogP contribution in [0.3, 0.4) is 0 Å². The van der Waals surface area contributed by atoms with E-state index >= 15 is 0 Å². The Kier molecular flexibility index (Phi) is 5.00. The van der Waals surface area contributed by atoms with Gasteiger partial charge in [0.15, 0.2) is 0 Å². The van der Waals surface area contributed by atoms with E-state index in [2.05, 4.69) is 156 Å². The molecule has 0 radical (unpaired) electrons. The van der Waals surface area contributed by atoms with Crippen molar-refractivity contribution in [2.45, 2.75) is 6.92 Å². The van der Waals surface area contributed by atoms with E-state index in [4.69, 9.17) is 0 Å². The number of allylic oxidation sites excluding steroid dienone is 2. The minimum Gasteiger partial charge on any atom is -0.307 e. The lowest BCUT2D eigenvalue weighted by molar-refractivity contribution is 1.17. The molecule has 9 aromatic rings. The Morgan fingerprint density at radius 3 is 1.81 bits per heavy atom. The standard InChI is InChI=1S/C41H28N2/c1-3-4-14-29-26(2)39-24-27-13-5-11-20-37(27)43(39)41-35-19-10-12-21-38(35)42(40(29)41)28-22-23-34-32-17-7-6-15-30(32)31-16-8-9-18-33(31)36(34)25-28/h3-25H,1H2,2H3/b14-4-. The number of fused-ring (bicyclic) bond motifs is 13. The van der Waals surface area contributed by atoms with Gasteiger partial charge in [0.25, 0.3) is 0 Å². The van der Waals surface area contributed by atoms with Gasteiger partial charge in [0.05, 0.1) is 27.6 Å². The Morgan fingerprint density at radius 1 is 0.535 bits per heavy atom. The second kappa shape index (κ2) is 8.95. The molecule has 0 fully saturated rings. The van der Waals surface area contributed by atoms with E-state index in [0.717, 1.165) is 5.69 Å². The molecule has 0 atom stereocenters. The molecule has 0 amide bonds. The third kappa shape index (κ3) is 3.23. The molecule has 6 aromatic carbocycles. The van der Waals surface area contributed by atoms with Gasteiger partial charge in [-0.25, -0.2) is 0 Å². The van der Waals surface area contributed by atoms with Crippen LogP contribution in [0.2, 0.25) is 0 Å². The molecule has 3 aromatic heterocycles. The molecule has 0 saturated carbocycles. The SMILES string of the molecule is C=C/C=C\c1c(C)c2cc3ccccc3n2c2c3ccccc3n(-c3ccc4c5ccccc5c5ccccc5c4c3)c12. The number of para-hydroxylation sites is 2. The van der Waals surface area contributed by atoms with Crippen LogP contribution in [-0.4, -0.2) is 8.97 Å². The molecular formula is C41H28N2. The molecule has 2 nitrogen and oxygen atoms in total. The van der Waals surface area contributed by atoms with Crippen molar-refractivity contribution in [3.8, 4) is 5.69 Å². The number of pyridine rings is 1. The van der Waals surface area contributed by atoms with E-state index in [1.165, 1.54) is 81.8 Å². The number of hydrogen-bond acceptors (Lipinski definition) is 0. The monoisotopic (exact) mass is 548 g/mol. The van der Waals surface area contributed by atoms with E-state index in [9.17, 15) is 0 Å². The van der Waals surface area contributed by atoms with E-state index in [0.29, 0.717) is 0 Å². The summed E-state index contributed by atoms with van der Waals surface area (Å²) in [7, 11) is 0. The fourth-order valence-electron chi connectivity index (χ4n) is 7.36. The van der Waals surface area contributed by atoms with E-state index in [1.807, 2.05) is 6.08 Å². The van der Waals surface area contributed by atoms with Gasteiger partial charge in [-0.15, -0.1) is 0 Å². The van der Waals surface area contributed by atoms with Crippen molar-refractivity contribution in [1.82, 2.24) is 8.97 Å². The van der Waals surface area contributed by atoms with Gasteiger partial charge in [-0.3, -0.25) is 0 Å². The maximum atomic E-state index is 4.00. The first kappa shape index (κ1) is 24.0. The third-order valence-electron chi connectivity index (χ3n) is 9.21. The summed E-state index contributed by atoms with van der Waals surface area (Å²) in [5, 5.41) is 10.2. The molecule has 0 spiro atoms. The van der Waals surface area contributed by atoms with E-state index in [1.54, 1.807) is 0 Å². The first-order valence-corrected chi connectivity index (χ1v) is 14.8. The summed E-state index contributed by atoms with van der Waals surface area (Å²) in [5.41, 5.74) is 9.70. The fraction of sp³-hybridized carbons (Fsp3) is 0.0244. The summed E-state index contributed by atoms with van der Waals surface area (Å²) in [6, 6.07) is 44.5. The van der Waals surface area contributed by atoms with Crippen molar-refractivity contribution in [3.05, 3.63) is 151 Å². The quantitative estimate of drug-likeness (QED) is 0.153. The summed E-state index contributed by atoms with van der Waals surface area (Å²) >= 11 is 0. The minimum atomic E-state index is 1.16. The number of nitrogens with zero attached hydrogens (tertiary/aromatic N) is 2. The fourth-order valence-corrected chi connectivity index (χ4v) is 7.36. The lowest BCUT2D eigenvalue weighted by Gasteiger charge is -2.16. The highest BCUT2D eigenvalue weighted by molar-refractivity contribution is 6.25. The highest BCUT2D eigenvalue weighted by Crippen LogP contribution is 2.42. The topological polar surface area (TPSA) is 9.34 Å². The highest BCUT2D eigenvalue weighted by Gasteiger charge is 2.22. The Bertz CT molecular complexity index is 2610. The number of aryl methyl sites for hydroxylation is 1. The molecule has 0 unspecified atom stereocenters. The summed E-state index contributed by atoms with van der Waals surface area (Å²) in [6.07, 6.45) is 6.15. The summed E-state index contributed by atoms with van der Waals surface area (Å²) in [5.74, 6) is 0. The van der Waals surface area contributed by atoms with Crippen molar-refractivity contribution in [1.29, 1.82) is 0 Å². The number of aromatic nitrogens is 2. The van der Waals surface area contributed by atoms with Gasteiger partial charge in [-0.1, -0.05) is 116 Å². The molecule has 202 valence electrons. The normalized spacial score (nSPS) is 12.3. The first-order chi connectivity index (χ1) is 21.2. The molecule has 43 heavy (non-hydrogen) atoms. The molecule has 0 aliphatic heterocycles. The molecule has 0 aliphatic rings. The summed E-state index contributed by atoms with van der Waals surface area (Å²) in [6.45, 7) is 6.24. The Balaban J connectivity index is 1.51. The Morgan fingerprint density at radius 2 is 1.12 bits per heavy atom. The van der Waals surface area contributed by atoms with Crippen LogP contribution in [0.5, 0.6) is 0 Å². The lowest BCUT2D eigenvalue weighted by Crippen LogP contribution is -2.00. The van der Waals surface area contributed by atoms with Crippen molar-refractivity contribution in [3.63, 3.8) is 0 Å². The average molecular weight is 549 g/mol. The van der Waals surface area contributed by atoms with Crippen molar-refractivity contribution < 1.29 is 0 Å². The molecule has 0 bridgehead atoms. The molecule has 0 N–H and O–H groups in total. The zero-order valence-corrected chi connectivity index (χ0v) is 23.9. The number of benzene rings is 6. The first-order valence-electron chi connectivity index (χ1n) is 14.8. The van der Waals surface area contributed by atoms with Crippen LogP contribution in [0.15, 0.2) is 140 Å². The molecule has 0 aliphatic carbocycles. The third-order valence-corrected chi connectivity index (χ3v) is 9.21. The van der Waals surface area contributed by atoms with Crippen molar-refractivity contribution in [2.75, 3.05) is 0 Å². The number of rotatable bonds is 3. The summed E-state index contributed by atoms with van der Waals surface area (Å²) < 4.78 is 4.94. The van der Waals surface area contributed by atoms with Crippen LogP contribution in [0.25, 0.3) is 82.4 Å². The van der Waals surface area contributed by atoms with Crippen LogP contribution >= 0.6 is 0 Å². The van der Waals surface area contributed by atoms with Crippen LogP contribution in [0.1, 0.15) is 11.1 Å². The zero-order valence-electron chi connectivity index (χ0n) is 23.9. The van der Waals surface area contributed by atoms with Gasteiger partial charge in [-0.2, -0.15) is 0 Å². The van der Waals surface area contributed by atoms with E-state index < -0.39 is 0 Å². The van der Waals surface area contributed by atoms with Crippen LogP contribution in [0.4, 0.5) is 0 Å². The highest BCUT2D eigenvalue weighted by atomic mass is 15.0. The second-order valence-corrected chi connectivity index (χ2v) is 11.4. The predicted molar refractivity (Wildman–Crippen MR) is 186 cm³/mol. The average Bonchev–Trinajstić information content (AvgIpc) is 3.61. The van der Waals surface area contributed by atoms with Gasteiger partial charge in [0, 0.05) is 22.0 Å². The maximum Gasteiger partial charge on any atom is 0.0803 e. The van der Waals surface area contributed by atoms with Gasteiger partial charge >= 0.3 is 0 Å². The number of hydrogen-bond donors (Lipinski definition) is 0. The van der Waals surface area contributed by atoms with Crippen LogP contribution < -0.4 is 0 Å². The molecule has 9 rings (SSSR count). The Hall–Kier alpha value is -5.60. The smallest absolute Gasteiger partial charge is 0.0803 e. The largest absolute Gasteiger partial charge is 0.307 e. The maximum absolute atomic E-state index is 4.00. The predicted octanol–water partition coefficient (Wildman–Crippen LogP) is 11.2. The van der Waals surface area contributed by atoms with Gasteiger partial charge in [0.1, 0.15) is 0 Å². The van der Waals surface area contributed by atoms with Gasteiger partial charge < -0.3 is 8.97 Å². The van der Waals surface area contributed by atoms with Crippen molar-refractivity contribution in [2.24, 2.45) is 0 Å². The molecule has 0 saturated heterocycles. The Labute approximate surface area is 249 Å². The zero-order chi connectivity index (χ0) is 28.7. The van der Waals surface area contributed by atoms with Gasteiger partial charge in [0.2, 0.25) is 0 Å². The second-order valence-electron chi connectivity index (χ2n) is 11.4. The van der Waals surface area contributed by atoms with Crippen LogP contribution in [-0.2, 0) is 0 Å². The lowest BCUT2D eigenvalue weighted by atomic mass is 9.94. The molecule has 3 heterocycles.